The van der Waals surface area contributed by atoms with Crippen molar-refractivity contribution >= 4 is 57.5 Å². The van der Waals surface area contributed by atoms with Crippen LogP contribution < -0.4 is 10.1 Å². The number of halogens is 2. The molecule has 9 heteroatoms. The van der Waals surface area contributed by atoms with Gasteiger partial charge in [0.2, 0.25) is 0 Å². The summed E-state index contributed by atoms with van der Waals surface area (Å²) < 4.78 is 10.5. The van der Waals surface area contributed by atoms with Crippen LogP contribution in [-0.2, 0) is 14.3 Å². The molecule has 0 saturated heterocycles. The first-order valence-corrected chi connectivity index (χ1v) is 9.95. The summed E-state index contributed by atoms with van der Waals surface area (Å²) in [6.45, 7) is 2.29. The third kappa shape index (κ3) is 5.71. The number of esters is 1. The van der Waals surface area contributed by atoms with Crippen LogP contribution in [0.15, 0.2) is 42.5 Å². The van der Waals surface area contributed by atoms with Crippen molar-refractivity contribution in [2.75, 3.05) is 18.5 Å². The van der Waals surface area contributed by atoms with E-state index in [0.717, 1.165) is 5.69 Å². The van der Waals surface area contributed by atoms with Crippen LogP contribution in [-0.4, -0.2) is 35.9 Å². The second kappa shape index (κ2) is 9.76. The largest absolute Gasteiger partial charge is 0.478 e. The second-order valence-corrected chi connectivity index (χ2v) is 7.46. The molecular formula is C22H18Cl2N2O5. The summed E-state index contributed by atoms with van der Waals surface area (Å²) in [5, 5.41) is 3.82. The summed E-state index contributed by atoms with van der Waals surface area (Å²) >= 11 is 12.4. The minimum Gasteiger partial charge on any atom is -0.478 e. The maximum absolute atomic E-state index is 12.0. The van der Waals surface area contributed by atoms with Crippen molar-refractivity contribution in [3.05, 3.63) is 63.8 Å². The molecule has 0 bridgehead atoms. The quantitative estimate of drug-likeness (QED) is 0.408. The maximum atomic E-state index is 12.0. The van der Waals surface area contributed by atoms with Crippen molar-refractivity contribution in [1.29, 1.82) is 0 Å². The number of rotatable bonds is 7. The topological polar surface area (TPSA) is 94.6 Å². The monoisotopic (exact) mass is 460 g/mol. The zero-order valence-corrected chi connectivity index (χ0v) is 18.2. The third-order valence-electron chi connectivity index (χ3n) is 4.25. The Morgan fingerprint density at radius 2 is 1.71 bits per heavy atom. The molecule has 0 unspecified atom stereocenters. The van der Waals surface area contributed by atoms with Gasteiger partial charge in [0.1, 0.15) is 5.52 Å². The van der Waals surface area contributed by atoms with Crippen molar-refractivity contribution in [3.63, 3.8) is 0 Å². The van der Waals surface area contributed by atoms with E-state index >= 15 is 0 Å². The van der Waals surface area contributed by atoms with Gasteiger partial charge in [0.15, 0.2) is 24.7 Å². The number of carbonyl (C=O) groups is 3. The lowest BCUT2D eigenvalue weighted by Crippen LogP contribution is -2.23. The van der Waals surface area contributed by atoms with E-state index in [4.69, 9.17) is 32.7 Å². The number of ether oxygens (including phenoxy) is 2. The average Bonchev–Trinajstić information content (AvgIpc) is 2.72. The van der Waals surface area contributed by atoms with E-state index in [2.05, 4.69) is 10.3 Å². The Bertz CT molecular complexity index is 1160. The molecule has 1 N–H and O–H groups in total. The van der Waals surface area contributed by atoms with Crippen LogP contribution in [0.25, 0.3) is 10.9 Å². The number of ketones is 1. The maximum Gasteiger partial charge on any atom is 0.344 e. The Balaban J connectivity index is 1.56. The van der Waals surface area contributed by atoms with Crippen LogP contribution in [0.1, 0.15) is 23.0 Å². The summed E-state index contributed by atoms with van der Waals surface area (Å²) in [6.07, 6.45) is 0. The van der Waals surface area contributed by atoms with Gasteiger partial charge in [0.05, 0.1) is 10.0 Å². The Labute approximate surface area is 188 Å². The number of aromatic nitrogens is 1. The zero-order valence-electron chi connectivity index (χ0n) is 16.7. The SMILES string of the molecule is CC(=O)c1ccc(NC(=O)COC(=O)COc2c(Cl)cc(Cl)c3ccc(C)nc23)cc1. The van der Waals surface area contributed by atoms with E-state index in [0.29, 0.717) is 27.2 Å². The standard InChI is InChI=1S/C22H18Cl2N2O5/c1-12-3-8-16-17(23)9-18(24)22(21(16)25-12)31-11-20(29)30-10-19(28)26-15-6-4-14(5-7-15)13(2)27/h3-9H,10-11H2,1-2H3,(H,26,28). The van der Waals surface area contributed by atoms with Gasteiger partial charge in [-0.1, -0.05) is 23.2 Å². The number of benzene rings is 2. The number of nitrogens with zero attached hydrogens (tertiary/aromatic N) is 1. The first-order valence-electron chi connectivity index (χ1n) is 9.19. The van der Waals surface area contributed by atoms with Gasteiger partial charge < -0.3 is 14.8 Å². The lowest BCUT2D eigenvalue weighted by molar-refractivity contribution is -0.149. The van der Waals surface area contributed by atoms with Crippen molar-refractivity contribution in [2.24, 2.45) is 0 Å². The van der Waals surface area contributed by atoms with Crippen molar-refractivity contribution < 1.29 is 23.9 Å². The smallest absolute Gasteiger partial charge is 0.344 e. The Kier molecular flexibility index (Phi) is 7.09. The molecule has 2 aromatic carbocycles. The molecule has 0 aliphatic heterocycles. The lowest BCUT2D eigenvalue weighted by Gasteiger charge is -2.12. The first-order chi connectivity index (χ1) is 14.7. The van der Waals surface area contributed by atoms with Gasteiger partial charge >= 0.3 is 5.97 Å². The minimum atomic E-state index is -0.756. The molecule has 7 nitrogen and oxygen atoms in total. The molecule has 0 saturated carbocycles. The summed E-state index contributed by atoms with van der Waals surface area (Å²) in [5.74, 6) is -1.16. The van der Waals surface area contributed by atoms with Crippen LogP contribution in [0.3, 0.4) is 0 Å². The number of nitrogens with one attached hydrogen (secondary N) is 1. The fourth-order valence-electron chi connectivity index (χ4n) is 2.73. The predicted molar refractivity (Wildman–Crippen MR) is 118 cm³/mol. The highest BCUT2D eigenvalue weighted by molar-refractivity contribution is 6.39. The molecular weight excluding hydrogens is 443 g/mol. The summed E-state index contributed by atoms with van der Waals surface area (Å²) in [4.78, 5) is 39.6. The summed E-state index contributed by atoms with van der Waals surface area (Å²) in [6, 6.07) is 11.4. The lowest BCUT2D eigenvalue weighted by atomic mass is 10.1. The van der Waals surface area contributed by atoms with E-state index < -0.39 is 25.1 Å². The van der Waals surface area contributed by atoms with Gasteiger partial charge in [-0.2, -0.15) is 0 Å². The Morgan fingerprint density at radius 3 is 2.39 bits per heavy atom. The molecule has 0 aliphatic carbocycles. The van der Waals surface area contributed by atoms with Crippen LogP contribution in [0.5, 0.6) is 5.75 Å². The Hall–Kier alpha value is -3.16. The van der Waals surface area contributed by atoms with Gasteiger partial charge in [0, 0.05) is 22.3 Å². The number of carbonyl (C=O) groups excluding carboxylic acids is 3. The van der Waals surface area contributed by atoms with Crippen molar-refractivity contribution in [3.8, 4) is 5.75 Å². The number of pyridine rings is 1. The highest BCUT2D eigenvalue weighted by Crippen LogP contribution is 2.37. The second-order valence-electron chi connectivity index (χ2n) is 6.65. The average molecular weight is 461 g/mol. The molecule has 1 aromatic heterocycles. The number of amides is 1. The predicted octanol–water partition coefficient (Wildman–Crippen LogP) is 4.61. The highest BCUT2D eigenvalue weighted by Gasteiger charge is 2.16. The molecule has 3 aromatic rings. The number of anilines is 1. The Morgan fingerprint density at radius 1 is 1.00 bits per heavy atom. The van der Waals surface area contributed by atoms with E-state index in [1.807, 2.05) is 0 Å². The number of fused-ring (bicyclic) bond motifs is 1. The van der Waals surface area contributed by atoms with Crippen LogP contribution in [0.4, 0.5) is 5.69 Å². The fraction of sp³-hybridized carbons (Fsp3) is 0.182. The van der Waals surface area contributed by atoms with E-state index in [1.165, 1.54) is 13.0 Å². The molecule has 0 aliphatic rings. The van der Waals surface area contributed by atoms with Crippen LogP contribution in [0, 0.1) is 6.92 Å². The first kappa shape index (κ1) is 22.5. The summed E-state index contributed by atoms with van der Waals surface area (Å²) in [7, 11) is 0. The number of hydrogen-bond donors (Lipinski definition) is 1. The molecule has 0 atom stereocenters. The zero-order chi connectivity index (χ0) is 22.5. The molecule has 1 heterocycles. The van der Waals surface area contributed by atoms with Gasteiger partial charge in [-0.25, -0.2) is 9.78 Å². The normalized spacial score (nSPS) is 10.6. The highest BCUT2D eigenvalue weighted by atomic mass is 35.5. The van der Waals surface area contributed by atoms with Gasteiger partial charge in [-0.15, -0.1) is 0 Å². The van der Waals surface area contributed by atoms with Crippen molar-refractivity contribution in [2.45, 2.75) is 13.8 Å². The molecule has 0 fully saturated rings. The van der Waals surface area contributed by atoms with E-state index in [-0.39, 0.29) is 16.6 Å². The van der Waals surface area contributed by atoms with Gasteiger partial charge in [-0.05, 0) is 56.3 Å². The third-order valence-corrected chi connectivity index (χ3v) is 4.84. The minimum absolute atomic E-state index is 0.0780. The van der Waals surface area contributed by atoms with Crippen LogP contribution in [0.2, 0.25) is 10.0 Å². The molecule has 1 amide bonds. The number of Topliss-reactive ketones (excluding diaryl/α,β-unsaturated/α-hetero) is 1. The number of hydrogen-bond acceptors (Lipinski definition) is 6. The van der Waals surface area contributed by atoms with E-state index in [9.17, 15) is 14.4 Å². The van der Waals surface area contributed by atoms with Crippen molar-refractivity contribution in [1.82, 2.24) is 4.98 Å². The molecule has 160 valence electrons. The fourth-order valence-corrected chi connectivity index (χ4v) is 3.30. The van der Waals surface area contributed by atoms with E-state index in [1.54, 1.807) is 43.3 Å². The van der Waals surface area contributed by atoms with Gasteiger partial charge in [-0.3, -0.25) is 9.59 Å². The molecule has 0 radical (unpaired) electrons. The molecule has 3 rings (SSSR count). The summed E-state index contributed by atoms with van der Waals surface area (Å²) in [5.41, 5.74) is 2.16. The van der Waals surface area contributed by atoms with Crippen LogP contribution >= 0.6 is 23.2 Å². The van der Waals surface area contributed by atoms with Gasteiger partial charge in [0.25, 0.3) is 5.91 Å². The molecule has 31 heavy (non-hydrogen) atoms. The number of aryl methyl sites for hydroxylation is 1. The molecule has 0 spiro atoms.